The molecule has 5 N–H and O–H groups in total. The van der Waals surface area contributed by atoms with Crippen molar-refractivity contribution in [1.82, 2.24) is 10.3 Å². The van der Waals surface area contributed by atoms with E-state index in [0.717, 1.165) is 67.5 Å². The highest BCUT2D eigenvalue weighted by Gasteiger charge is 2.49. The lowest BCUT2D eigenvalue weighted by Crippen LogP contribution is -2.40. The Morgan fingerprint density at radius 1 is 1.25 bits per heavy atom. The molecule has 1 saturated carbocycles. The molecule has 7 heteroatoms. The summed E-state index contributed by atoms with van der Waals surface area (Å²) < 4.78 is 0. The second kappa shape index (κ2) is 10.4. The molecule has 1 aliphatic heterocycles. The molecule has 0 aromatic heterocycles. The van der Waals surface area contributed by atoms with Crippen LogP contribution in [-0.4, -0.2) is 28.0 Å². The van der Waals surface area contributed by atoms with Crippen LogP contribution >= 0.6 is 0 Å². The summed E-state index contributed by atoms with van der Waals surface area (Å²) in [4.78, 5) is 20.2. The minimum atomic E-state index is -0.506. The Bertz CT molecular complexity index is 951. The van der Waals surface area contributed by atoms with Crippen LogP contribution in [0.25, 0.3) is 5.57 Å². The van der Waals surface area contributed by atoms with E-state index in [1.54, 1.807) is 12.2 Å². The number of carbonyl (C=O) groups excluding carboxylic acids is 1. The fourth-order valence-corrected chi connectivity index (χ4v) is 4.57. The Morgan fingerprint density at radius 3 is 2.47 bits per heavy atom. The fourth-order valence-electron chi connectivity index (χ4n) is 4.57. The Morgan fingerprint density at radius 2 is 1.94 bits per heavy atom. The van der Waals surface area contributed by atoms with Gasteiger partial charge in [-0.2, -0.15) is 5.10 Å². The summed E-state index contributed by atoms with van der Waals surface area (Å²) in [5.74, 6) is 12.4. The first-order chi connectivity index (χ1) is 15.5. The SMILES string of the molecule is C=CC(/C(=N/N)NN)=C(\C=C)c1ccc(CN2C(=O)C3(CCCC3)N=C2CCCC)cc1. The number of hydrogen-bond acceptors (Lipinski definition) is 5. The zero-order valence-electron chi connectivity index (χ0n) is 18.9. The van der Waals surface area contributed by atoms with E-state index in [2.05, 4.69) is 30.6 Å². The molecule has 1 aromatic rings. The number of carbonyl (C=O) groups is 1. The first-order valence-corrected chi connectivity index (χ1v) is 11.3. The van der Waals surface area contributed by atoms with Crippen molar-refractivity contribution in [3.63, 3.8) is 0 Å². The highest BCUT2D eigenvalue weighted by atomic mass is 16.2. The number of nitrogens with one attached hydrogen (secondary N) is 1. The van der Waals surface area contributed by atoms with Crippen LogP contribution in [0.1, 0.15) is 63.0 Å². The van der Waals surface area contributed by atoms with Crippen molar-refractivity contribution in [1.29, 1.82) is 0 Å². The smallest absolute Gasteiger partial charge is 0.256 e. The van der Waals surface area contributed by atoms with Gasteiger partial charge in [0.15, 0.2) is 5.84 Å². The minimum Gasteiger partial charge on any atom is -0.321 e. The third-order valence-corrected chi connectivity index (χ3v) is 6.31. The largest absolute Gasteiger partial charge is 0.321 e. The standard InChI is InChI=1S/C25H34N6O/c1-4-7-10-22-28-25(15-8-9-16-25)24(32)31(22)17-18-11-13-19(14-12-18)20(5-2)21(6-3)23(29-26)30-27/h5-6,11-14H,2-4,7-10,15-17,26-27H2,1H3,(H,29,30)/b21-20-. The highest BCUT2D eigenvalue weighted by Crippen LogP contribution is 2.40. The maximum absolute atomic E-state index is 13.3. The van der Waals surface area contributed by atoms with Crippen molar-refractivity contribution < 1.29 is 4.79 Å². The molecule has 3 rings (SSSR count). The van der Waals surface area contributed by atoms with Gasteiger partial charge in [-0.05, 0) is 36.0 Å². The molecule has 1 aromatic carbocycles. The van der Waals surface area contributed by atoms with Crippen molar-refractivity contribution in [3.05, 3.63) is 66.3 Å². The third-order valence-electron chi connectivity index (χ3n) is 6.31. The molecule has 1 amide bonds. The molecule has 1 spiro atoms. The van der Waals surface area contributed by atoms with E-state index in [0.29, 0.717) is 18.0 Å². The van der Waals surface area contributed by atoms with Gasteiger partial charge in [-0.15, -0.1) is 0 Å². The maximum atomic E-state index is 13.3. The molecule has 0 unspecified atom stereocenters. The van der Waals surface area contributed by atoms with Crippen LogP contribution in [0, 0.1) is 0 Å². The van der Waals surface area contributed by atoms with Gasteiger partial charge in [0.1, 0.15) is 11.4 Å². The lowest BCUT2D eigenvalue weighted by molar-refractivity contribution is -0.131. The minimum absolute atomic E-state index is 0.170. The molecular formula is C25H34N6O. The molecule has 0 radical (unpaired) electrons. The quantitative estimate of drug-likeness (QED) is 0.181. The molecule has 1 aliphatic carbocycles. The van der Waals surface area contributed by atoms with Crippen LogP contribution < -0.4 is 17.1 Å². The first kappa shape index (κ1) is 23.5. The predicted molar refractivity (Wildman–Crippen MR) is 131 cm³/mol. The monoisotopic (exact) mass is 434 g/mol. The Labute approximate surface area is 190 Å². The number of hydrogen-bond donors (Lipinski definition) is 3. The molecule has 32 heavy (non-hydrogen) atoms. The molecule has 7 nitrogen and oxygen atoms in total. The summed E-state index contributed by atoms with van der Waals surface area (Å²) in [6, 6.07) is 8.04. The second-order valence-corrected chi connectivity index (χ2v) is 8.32. The summed E-state index contributed by atoms with van der Waals surface area (Å²) in [5, 5.41) is 3.68. The number of allylic oxidation sites excluding steroid dienone is 2. The topological polar surface area (TPSA) is 109 Å². The molecule has 170 valence electrons. The van der Waals surface area contributed by atoms with E-state index >= 15 is 0 Å². The summed E-state index contributed by atoms with van der Waals surface area (Å²) in [6.45, 7) is 10.4. The van der Waals surface area contributed by atoms with Crippen LogP contribution in [0.15, 0.2) is 65.2 Å². The summed E-state index contributed by atoms with van der Waals surface area (Å²) >= 11 is 0. The molecular weight excluding hydrogens is 400 g/mol. The van der Waals surface area contributed by atoms with Crippen LogP contribution in [0.4, 0.5) is 0 Å². The number of hydrazone groups is 1. The summed E-state index contributed by atoms with van der Waals surface area (Å²) in [6.07, 6.45) is 10.2. The van der Waals surface area contributed by atoms with Gasteiger partial charge in [-0.25, -0.2) is 5.84 Å². The number of rotatable bonds is 9. The summed E-state index contributed by atoms with van der Waals surface area (Å²) in [5.41, 5.74) is 5.42. The van der Waals surface area contributed by atoms with E-state index in [4.69, 9.17) is 16.7 Å². The Hall–Kier alpha value is -3.19. The first-order valence-electron chi connectivity index (χ1n) is 11.3. The van der Waals surface area contributed by atoms with Gasteiger partial charge in [0.05, 0.1) is 6.54 Å². The average Bonchev–Trinajstić information content (AvgIpc) is 3.39. The third kappa shape index (κ3) is 4.53. The van der Waals surface area contributed by atoms with Gasteiger partial charge in [0, 0.05) is 12.0 Å². The van der Waals surface area contributed by atoms with Crippen LogP contribution in [0.3, 0.4) is 0 Å². The fraction of sp³-hybridized carbons (Fsp3) is 0.400. The zero-order chi connectivity index (χ0) is 23.1. The van der Waals surface area contributed by atoms with E-state index in [9.17, 15) is 4.79 Å². The Kier molecular flexibility index (Phi) is 7.64. The molecule has 0 bridgehead atoms. The Balaban J connectivity index is 1.86. The predicted octanol–water partition coefficient (Wildman–Crippen LogP) is 3.79. The van der Waals surface area contributed by atoms with Gasteiger partial charge < -0.3 is 11.3 Å². The van der Waals surface area contributed by atoms with E-state index in [1.165, 1.54) is 0 Å². The lowest BCUT2D eigenvalue weighted by Gasteiger charge is -2.23. The van der Waals surface area contributed by atoms with Gasteiger partial charge in [-0.1, -0.05) is 75.8 Å². The van der Waals surface area contributed by atoms with Crippen molar-refractivity contribution >= 4 is 23.2 Å². The van der Waals surface area contributed by atoms with E-state index in [1.807, 2.05) is 29.2 Å². The zero-order valence-corrected chi connectivity index (χ0v) is 18.9. The number of nitrogens with zero attached hydrogens (tertiary/aromatic N) is 3. The highest BCUT2D eigenvalue weighted by molar-refractivity contribution is 6.09. The van der Waals surface area contributed by atoms with Gasteiger partial charge in [0.25, 0.3) is 5.91 Å². The van der Waals surface area contributed by atoms with Crippen LogP contribution in [0.2, 0.25) is 0 Å². The number of amides is 1. The van der Waals surface area contributed by atoms with Crippen molar-refractivity contribution in [2.75, 3.05) is 0 Å². The van der Waals surface area contributed by atoms with Crippen molar-refractivity contribution in [3.8, 4) is 0 Å². The van der Waals surface area contributed by atoms with Gasteiger partial charge in [-0.3, -0.25) is 14.7 Å². The van der Waals surface area contributed by atoms with Crippen molar-refractivity contribution in [2.24, 2.45) is 21.8 Å². The van der Waals surface area contributed by atoms with Crippen molar-refractivity contribution in [2.45, 2.75) is 64.0 Å². The second-order valence-electron chi connectivity index (χ2n) is 8.32. The molecule has 1 fully saturated rings. The van der Waals surface area contributed by atoms with Gasteiger partial charge in [0.2, 0.25) is 0 Å². The van der Waals surface area contributed by atoms with E-state index in [-0.39, 0.29) is 5.91 Å². The van der Waals surface area contributed by atoms with E-state index < -0.39 is 5.54 Å². The summed E-state index contributed by atoms with van der Waals surface area (Å²) in [7, 11) is 0. The normalized spacial score (nSPS) is 18.6. The van der Waals surface area contributed by atoms with Crippen LogP contribution in [0.5, 0.6) is 0 Å². The molecule has 1 heterocycles. The number of benzene rings is 1. The maximum Gasteiger partial charge on any atom is 0.256 e. The number of nitrogens with two attached hydrogens (primary N) is 2. The number of amidine groups is 2. The number of aliphatic imine (C=N–C) groups is 1. The van der Waals surface area contributed by atoms with Gasteiger partial charge >= 0.3 is 0 Å². The molecule has 0 saturated heterocycles. The number of unbranched alkanes of at least 4 members (excludes halogenated alkanes) is 1. The lowest BCUT2D eigenvalue weighted by atomic mass is 9.97. The number of hydrazine groups is 1. The molecule has 2 aliphatic rings. The van der Waals surface area contributed by atoms with Crippen LogP contribution in [-0.2, 0) is 11.3 Å². The average molecular weight is 435 g/mol. The molecule has 0 atom stereocenters.